The van der Waals surface area contributed by atoms with Gasteiger partial charge >= 0.3 is 12.1 Å². The Kier molecular flexibility index (Phi) is 8.65. The van der Waals surface area contributed by atoms with Crippen LogP contribution in [0.4, 0.5) is 14.0 Å². The highest BCUT2D eigenvalue weighted by molar-refractivity contribution is 5.87. The smallest absolute Gasteiger partial charge is 0.410 e. The van der Waals surface area contributed by atoms with Crippen molar-refractivity contribution in [3.05, 3.63) is 35.6 Å². The molecule has 4 amide bonds. The number of benzene rings is 1. The summed E-state index contributed by atoms with van der Waals surface area (Å²) in [5.41, 5.74) is 0.190. The summed E-state index contributed by atoms with van der Waals surface area (Å²) in [6.45, 7) is 9.15. The number of amides is 4. The van der Waals surface area contributed by atoms with Crippen molar-refractivity contribution in [1.82, 2.24) is 20.4 Å². The molecule has 0 spiro atoms. The summed E-state index contributed by atoms with van der Waals surface area (Å²) in [6.07, 6.45) is 0.852. The maximum atomic E-state index is 13.0. The highest BCUT2D eigenvalue weighted by atomic mass is 19.1. The molecule has 0 aliphatic carbocycles. The minimum atomic E-state index is -0.647. The Balaban J connectivity index is 1.85. The molecule has 1 aliphatic heterocycles. The normalized spacial score (nSPS) is 15.3. The second-order valence-electron chi connectivity index (χ2n) is 8.59. The van der Waals surface area contributed by atoms with Gasteiger partial charge in [-0.3, -0.25) is 4.79 Å². The topological polar surface area (TPSA) is 91.0 Å². The van der Waals surface area contributed by atoms with Gasteiger partial charge in [-0.05, 0) is 44.9 Å². The van der Waals surface area contributed by atoms with Crippen LogP contribution in [0.15, 0.2) is 24.3 Å². The number of rotatable bonds is 6. The summed E-state index contributed by atoms with van der Waals surface area (Å²) in [4.78, 5) is 40.7. The molecule has 1 aliphatic rings. The Morgan fingerprint density at radius 2 is 1.65 bits per heavy atom. The Bertz CT molecular complexity index is 756. The van der Waals surface area contributed by atoms with Crippen LogP contribution in [0.2, 0.25) is 0 Å². The number of halogens is 1. The lowest BCUT2D eigenvalue weighted by molar-refractivity contribution is -0.135. The van der Waals surface area contributed by atoms with Gasteiger partial charge in [-0.2, -0.15) is 0 Å². The first-order valence-electron chi connectivity index (χ1n) is 10.6. The van der Waals surface area contributed by atoms with Crippen LogP contribution in [0.5, 0.6) is 0 Å². The van der Waals surface area contributed by atoms with E-state index >= 15 is 0 Å². The SMILES string of the molecule is CCCC(NC(=O)NCc1ccc(F)cc1)C(=O)N1CCN(C(=O)OC(C)(C)C)CC1. The largest absolute Gasteiger partial charge is 0.444 e. The van der Waals surface area contributed by atoms with Gasteiger partial charge < -0.3 is 25.2 Å². The van der Waals surface area contributed by atoms with E-state index in [1.54, 1.807) is 21.9 Å². The molecule has 1 aromatic carbocycles. The molecule has 1 fully saturated rings. The highest BCUT2D eigenvalue weighted by Crippen LogP contribution is 2.13. The summed E-state index contributed by atoms with van der Waals surface area (Å²) in [5.74, 6) is -0.504. The van der Waals surface area contributed by atoms with Crippen molar-refractivity contribution in [2.75, 3.05) is 26.2 Å². The maximum Gasteiger partial charge on any atom is 0.410 e. The summed E-state index contributed by atoms with van der Waals surface area (Å²) >= 11 is 0. The van der Waals surface area contributed by atoms with Crippen LogP contribution in [0, 0.1) is 5.82 Å². The Labute approximate surface area is 183 Å². The number of hydrogen-bond acceptors (Lipinski definition) is 4. The molecule has 1 aromatic rings. The van der Waals surface area contributed by atoms with Gasteiger partial charge in [0, 0.05) is 32.7 Å². The molecule has 172 valence electrons. The molecule has 31 heavy (non-hydrogen) atoms. The number of ether oxygens (including phenoxy) is 1. The molecule has 2 rings (SSSR count). The first-order valence-corrected chi connectivity index (χ1v) is 10.6. The van der Waals surface area contributed by atoms with Crippen LogP contribution < -0.4 is 10.6 Å². The summed E-state index contributed by atoms with van der Waals surface area (Å²) in [6, 6.07) is 4.74. The quantitative estimate of drug-likeness (QED) is 0.717. The zero-order chi connectivity index (χ0) is 23.0. The zero-order valence-corrected chi connectivity index (χ0v) is 18.7. The van der Waals surface area contributed by atoms with Crippen molar-refractivity contribution in [2.45, 2.75) is 58.7 Å². The molecular formula is C22H33FN4O4. The van der Waals surface area contributed by atoms with E-state index < -0.39 is 17.7 Å². The number of nitrogens with zero attached hydrogens (tertiary/aromatic N) is 2. The van der Waals surface area contributed by atoms with E-state index in [2.05, 4.69) is 10.6 Å². The lowest BCUT2D eigenvalue weighted by Crippen LogP contribution is -2.57. The number of carbonyl (C=O) groups excluding carboxylic acids is 3. The van der Waals surface area contributed by atoms with Gasteiger partial charge in [0.15, 0.2) is 0 Å². The minimum absolute atomic E-state index is 0.164. The molecule has 1 atom stereocenters. The van der Waals surface area contributed by atoms with Crippen LogP contribution in [-0.2, 0) is 16.1 Å². The summed E-state index contributed by atoms with van der Waals surface area (Å²) < 4.78 is 18.4. The van der Waals surface area contributed by atoms with E-state index in [0.29, 0.717) is 32.6 Å². The van der Waals surface area contributed by atoms with Crippen LogP contribution in [0.1, 0.15) is 46.1 Å². The third kappa shape index (κ3) is 8.07. The molecule has 9 heteroatoms. The van der Waals surface area contributed by atoms with E-state index in [-0.39, 0.29) is 24.4 Å². The number of piperazine rings is 1. The van der Waals surface area contributed by atoms with Crippen LogP contribution in [0.3, 0.4) is 0 Å². The van der Waals surface area contributed by atoms with E-state index in [1.165, 1.54) is 12.1 Å². The number of carbonyl (C=O) groups is 3. The van der Waals surface area contributed by atoms with Crippen molar-refractivity contribution >= 4 is 18.0 Å². The molecule has 0 bridgehead atoms. The fourth-order valence-electron chi connectivity index (χ4n) is 3.20. The van der Waals surface area contributed by atoms with Gasteiger partial charge in [0.1, 0.15) is 17.5 Å². The molecule has 0 saturated carbocycles. The standard InChI is InChI=1S/C22H33FN4O4/c1-5-6-18(25-20(29)24-15-16-7-9-17(23)10-8-16)19(28)26-11-13-27(14-12-26)21(30)31-22(2,3)4/h7-10,18H,5-6,11-15H2,1-4H3,(H2,24,25,29). The predicted molar refractivity (Wildman–Crippen MR) is 115 cm³/mol. The lowest BCUT2D eigenvalue weighted by atomic mass is 10.1. The van der Waals surface area contributed by atoms with Gasteiger partial charge in [0.05, 0.1) is 0 Å². The van der Waals surface area contributed by atoms with Crippen molar-refractivity contribution in [3.8, 4) is 0 Å². The molecular weight excluding hydrogens is 403 g/mol. The van der Waals surface area contributed by atoms with E-state index in [1.807, 2.05) is 27.7 Å². The van der Waals surface area contributed by atoms with Gasteiger partial charge in [-0.15, -0.1) is 0 Å². The molecule has 8 nitrogen and oxygen atoms in total. The van der Waals surface area contributed by atoms with Crippen molar-refractivity contribution in [2.24, 2.45) is 0 Å². The van der Waals surface area contributed by atoms with E-state index in [0.717, 1.165) is 12.0 Å². The molecule has 2 N–H and O–H groups in total. The van der Waals surface area contributed by atoms with Gasteiger partial charge in [-0.1, -0.05) is 25.5 Å². The molecule has 0 radical (unpaired) electrons. The van der Waals surface area contributed by atoms with Crippen LogP contribution in [-0.4, -0.2) is 65.7 Å². The first-order chi connectivity index (χ1) is 14.6. The average molecular weight is 437 g/mol. The molecule has 1 unspecified atom stereocenters. The second-order valence-corrected chi connectivity index (χ2v) is 8.59. The third-order valence-corrected chi connectivity index (χ3v) is 4.79. The maximum absolute atomic E-state index is 13.0. The molecule has 0 aromatic heterocycles. The number of urea groups is 1. The fourth-order valence-corrected chi connectivity index (χ4v) is 3.20. The van der Waals surface area contributed by atoms with E-state index in [9.17, 15) is 18.8 Å². The third-order valence-electron chi connectivity index (χ3n) is 4.79. The van der Waals surface area contributed by atoms with Crippen LogP contribution >= 0.6 is 0 Å². The summed E-state index contributed by atoms with van der Waals surface area (Å²) in [7, 11) is 0. The monoisotopic (exact) mass is 436 g/mol. The predicted octanol–water partition coefficient (Wildman–Crippen LogP) is 2.87. The fraction of sp³-hybridized carbons (Fsp3) is 0.591. The van der Waals surface area contributed by atoms with Gasteiger partial charge in [-0.25, -0.2) is 14.0 Å². The van der Waals surface area contributed by atoms with Crippen molar-refractivity contribution in [1.29, 1.82) is 0 Å². The number of hydrogen-bond donors (Lipinski definition) is 2. The molecule has 1 heterocycles. The van der Waals surface area contributed by atoms with Crippen molar-refractivity contribution in [3.63, 3.8) is 0 Å². The Hall–Kier alpha value is -2.84. The number of nitrogens with one attached hydrogen (secondary N) is 2. The highest BCUT2D eigenvalue weighted by Gasteiger charge is 2.31. The van der Waals surface area contributed by atoms with Crippen molar-refractivity contribution < 1.29 is 23.5 Å². The Morgan fingerprint density at radius 1 is 1.06 bits per heavy atom. The molecule has 1 saturated heterocycles. The van der Waals surface area contributed by atoms with Gasteiger partial charge in [0.2, 0.25) is 5.91 Å². The summed E-state index contributed by atoms with van der Waals surface area (Å²) in [5, 5.41) is 5.44. The Morgan fingerprint density at radius 3 is 2.19 bits per heavy atom. The minimum Gasteiger partial charge on any atom is -0.444 e. The average Bonchev–Trinajstić information content (AvgIpc) is 2.71. The van der Waals surface area contributed by atoms with Crippen LogP contribution in [0.25, 0.3) is 0 Å². The zero-order valence-electron chi connectivity index (χ0n) is 18.7. The lowest BCUT2D eigenvalue weighted by Gasteiger charge is -2.37. The first kappa shape index (κ1) is 24.4. The van der Waals surface area contributed by atoms with Gasteiger partial charge in [0.25, 0.3) is 0 Å². The van der Waals surface area contributed by atoms with E-state index in [4.69, 9.17) is 4.74 Å². The second kappa shape index (κ2) is 11.0.